The molecule has 0 fully saturated rings. The maximum atomic E-state index is 12.6. The first-order chi connectivity index (χ1) is 10.5. The van der Waals surface area contributed by atoms with Gasteiger partial charge in [-0.25, -0.2) is 8.42 Å². The Labute approximate surface area is 133 Å². The summed E-state index contributed by atoms with van der Waals surface area (Å²) in [6.07, 6.45) is 7.21. The molecule has 0 aliphatic heterocycles. The molecule has 0 amide bonds. The molecule has 0 bridgehead atoms. The van der Waals surface area contributed by atoms with Crippen molar-refractivity contribution < 1.29 is 18.3 Å². The third-order valence-electron chi connectivity index (χ3n) is 3.20. The van der Waals surface area contributed by atoms with Crippen molar-refractivity contribution in [3.63, 3.8) is 0 Å². The molecule has 0 spiro atoms. The van der Waals surface area contributed by atoms with Gasteiger partial charge in [-0.05, 0) is 37.6 Å². The van der Waals surface area contributed by atoms with E-state index in [-0.39, 0.29) is 18.0 Å². The van der Waals surface area contributed by atoms with Crippen LogP contribution in [0.15, 0.2) is 29.2 Å². The van der Waals surface area contributed by atoms with E-state index in [1.807, 2.05) is 0 Å². The minimum absolute atomic E-state index is 0.0845. The summed E-state index contributed by atoms with van der Waals surface area (Å²) >= 11 is 0. The van der Waals surface area contributed by atoms with Crippen molar-refractivity contribution >= 4 is 10.0 Å². The van der Waals surface area contributed by atoms with Gasteiger partial charge in [-0.15, -0.1) is 6.42 Å². The Balaban J connectivity index is 2.94. The van der Waals surface area contributed by atoms with Gasteiger partial charge < -0.3 is 9.84 Å². The molecular weight excluding hydrogens is 302 g/mol. The van der Waals surface area contributed by atoms with Gasteiger partial charge in [0.15, 0.2) is 0 Å². The Morgan fingerprint density at radius 1 is 1.36 bits per heavy atom. The van der Waals surface area contributed by atoms with Gasteiger partial charge in [-0.3, -0.25) is 0 Å². The van der Waals surface area contributed by atoms with E-state index in [1.165, 1.54) is 12.1 Å². The van der Waals surface area contributed by atoms with Crippen LogP contribution in [0.1, 0.15) is 26.7 Å². The highest BCUT2D eigenvalue weighted by molar-refractivity contribution is 7.89. The zero-order chi connectivity index (χ0) is 16.6. The van der Waals surface area contributed by atoms with Crippen LogP contribution < -0.4 is 4.74 Å². The van der Waals surface area contributed by atoms with Gasteiger partial charge in [-0.1, -0.05) is 19.3 Å². The number of terminal acetylenes is 1. The van der Waals surface area contributed by atoms with Crippen molar-refractivity contribution in [2.45, 2.75) is 37.6 Å². The Morgan fingerprint density at radius 2 is 2.00 bits per heavy atom. The SMILES string of the molecule is C#CCN([C@H](C)CO)S(=O)(=O)c1ccc(OCCCC)cc1. The molecular formula is C16H23NO4S. The Hall–Kier alpha value is -1.55. The Bertz CT molecular complexity index is 590. The predicted octanol–water partition coefficient (Wildman–Crippen LogP) is 1.87. The predicted molar refractivity (Wildman–Crippen MR) is 86.1 cm³/mol. The first-order valence-corrected chi connectivity index (χ1v) is 8.70. The molecule has 0 aliphatic rings. The van der Waals surface area contributed by atoms with E-state index < -0.39 is 16.1 Å². The van der Waals surface area contributed by atoms with E-state index in [4.69, 9.17) is 11.2 Å². The zero-order valence-corrected chi connectivity index (χ0v) is 13.8. The summed E-state index contributed by atoms with van der Waals surface area (Å²) in [5.74, 6) is 2.95. The number of hydrogen-bond acceptors (Lipinski definition) is 4. The minimum atomic E-state index is -3.74. The summed E-state index contributed by atoms with van der Waals surface area (Å²) in [4.78, 5) is 0.130. The molecule has 6 heteroatoms. The van der Waals surface area contributed by atoms with Crippen molar-refractivity contribution in [2.75, 3.05) is 19.8 Å². The second-order valence-corrected chi connectivity index (χ2v) is 6.85. The quantitative estimate of drug-likeness (QED) is 0.556. The molecule has 0 unspecified atom stereocenters. The normalized spacial score (nSPS) is 12.9. The van der Waals surface area contributed by atoms with Gasteiger partial charge in [0.2, 0.25) is 10.0 Å². The summed E-state index contributed by atoms with van der Waals surface area (Å²) in [6, 6.07) is 5.65. The summed E-state index contributed by atoms with van der Waals surface area (Å²) < 4.78 is 31.8. The van der Waals surface area contributed by atoms with Crippen LogP contribution >= 0.6 is 0 Å². The number of aliphatic hydroxyl groups is 1. The van der Waals surface area contributed by atoms with E-state index in [0.717, 1.165) is 17.1 Å². The van der Waals surface area contributed by atoms with Crippen LogP contribution in [-0.4, -0.2) is 43.6 Å². The molecule has 0 saturated carbocycles. The van der Waals surface area contributed by atoms with Crippen LogP contribution in [0.3, 0.4) is 0 Å². The number of nitrogens with zero attached hydrogens (tertiary/aromatic N) is 1. The number of aliphatic hydroxyl groups excluding tert-OH is 1. The Kier molecular flexibility index (Phi) is 7.39. The third kappa shape index (κ3) is 4.73. The van der Waals surface area contributed by atoms with Crippen LogP contribution in [0.2, 0.25) is 0 Å². The third-order valence-corrected chi connectivity index (χ3v) is 5.17. The molecule has 0 aliphatic carbocycles. The lowest BCUT2D eigenvalue weighted by Gasteiger charge is -2.25. The largest absolute Gasteiger partial charge is 0.494 e. The molecule has 1 atom stereocenters. The molecule has 0 radical (unpaired) electrons. The van der Waals surface area contributed by atoms with E-state index in [0.29, 0.717) is 12.4 Å². The van der Waals surface area contributed by atoms with Crippen LogP contribution in [0.25, 0.3) is 0 Å². The highest BCUT2D eigenvalue weighted by Gasteiger charge is 2.28. The van der Waals surface area contributed by atoms with Crippen molar-refractivity contribution in [1.82, 2.24) is 4.31 Å². The van der Waals surface area contributed by atoms with Crippen molar-refractivity contribution in [3.8, 4) is 18.1 Å². The lowest BCUT2D eigenvalue weighted by molar-refractivity contribution is 0.207. The average Bonchev–Trinajstić information content (AvgIpc) is 2.52. The zero-order valence-electron chi connectivity index (χ0n) is 13.0. The second kappa shape index (κ2) is 8.79. The molecule has 0 aromatic heterocycles. The van der Waals surface area contributed by atoms with Crippen molar-refractivity contribution in [1.29, 1.82) is 0 Å². The summed E-state index contributed by atoms with van der Waals surface area (Å²) in [6.45, 7) is 3.91. The highest BCUT2D eigenvalue weighted by atomic mass is 32.2. The molecule has 1 aromatic carbocycles. The van der Waals surface area contributed by atoms with Crippen LogP contribution in [0.4, 0.5) is 0 Å². The lowest BCUT2D eigenvalue weighted by Crippen LogP contribution is -2.40. The van der Waals surface area contributed by atoms with Crippen LogP contribution in [-0.2, 0) is 10.0 Å². The molecule has 122 valence electrons. The summed E-state index contributed by atoms with van der Waals surface area (Å²) in [5.41, 5.74) is 0. The fraction of sp³-hybridized carbons (Fsp3) is 0.500. The van der Waals surface area contributed by atoms with Crippen molar-refractivity contribution in [3.05, 3.63) is 24.3 Å². The van der Waals surface area contributed by atoms with Gasteiger partial charge in [0.05, 0.1) is 24.7 Å². The summed E-state index contributed by atoms with van der Waals surface area (Å²) in [7, 11) is -3.74. The number of unbranched alkanes of at least 4 members (excludes halogenated alkanes) is 1. The molecule has 1 N–H and O–H groups in total. The maximum absolute atomic E-state index is 12.6. The van der Waals surface area contributed by atoms with Gasteiger partial charge >= 0.3 is 0 Å². The molecule has 5 nitrogen and oxygen atoms in total. The molecule has 1 rings (SSSR count). The minimum Gasteiger partial charge on any atom is -0.494 e. The Morgan fingerprint density at radius 3 is 2.50 bits per heavy atom. The monoisotopic (exact) mass is 325 g/mol. The van der Waals surface area contributed by atoms with E-state index in [2.05, 4.69) is 12.8 Å². The van der Waals surface area contributed by atoms with Gasteiger partial charge in [0.1, 0.15) is 5.75 Å². The van der Waals surface area contributed by atoms with Gasteiger partial charge in [0.25, 0.3) is 0 Å². The van der Waals surface area contributed by atoms with Crippen molar-refractivity contribution in [2.24, 2.45) is 0 Å². The van der Waals surface area contributed by atoms with Crippen LogP contribution in [0, 0.1) is 12.3 Å². The fourth-order valence-corrected chi connectivity index (χ4v) is 3.37. The van der Waals surface area contributed by atoms with E-state index >= 15 is 0 Å². The molecule has 0 saturated heterocycles. The lowest BCUT2D eigenvalue weighted by atomic mass is 10.3. The van der Waals surface area contributed by atoms with E-state index in [1.54, 1.807) is 19.1 Å². The topological polar surface area (TPSA) is 66.8 Å². The summed E-state index contributed by atoms with van der Waals surface area (Å²) in [5, 5.41) is 9.21. The second-order valence-electron chi connectivity index (χ2n) is 4.96. The average molecular weight is 325 g/mol. The molecule has 1 aromatic rings. The first-order valence-electron chi connectivity index (χ1n) is 7.26. The number of sulfonamides is 1. The van der Waals surface area contributed by atoms with Gasteiger partial charge in [-0.2, -0.15) is 4.31 Å². The number of benzene rings is 1. The van der Waals surface area contributed by atoms with E-state index in [9.17, 15) is 13.5 Å². The number of rotatable bonds is 9. The highest BCUT2D eigenvalue weighted by Crippen LogP contribution is 2.21. The number of ether oxygens (including phenoxy) is 1. The molecule has 22 heavy (non-hydrogen) atoms. The fourth-order valence-electron chi connectivity index (χ4n) is 1.84. The maximum Gasteiger partial charge on any atom is 0.244 e. The first kappa shape index (κ1) is 18.5. The van der Waals surface area contributed by atoms with Crippen LogP contribution in [0.5, 0.6) is 5.75 Å². The number of hydrogen-bond donors (Lipinski definition) is 1. The van der Waals surface area contributed by atoms with Gasteiger partial charge in [0, 0.05) is 6.04 Å². The molecule has 0 heterocycles. The standard InChI is InChI=1S/C16H23NO4S/c1-4-6-12-21-15-7-9-16(10-8-15)22(19,20)17(11-5-2)14(3)13-18/h2,7-10,14,18H,4,6,11-13H2,1,3H3/t14-/m1/s1. The smallest absolute Gasteiger partial charge is 0.244 e.